The van der Waals surface area contributed by atoms with Crippen molar-refractivity contribution in [3.05, 3.63) is 35.9 Å². The van der Waals surface area contributed by atoms with E-state index in [4.69, 9.17) is 15.2 Å². The van der Waals surface area contributed by atoms with E-state index in [-0.39, 0.29) is 35.9 Å². The summed E-state index contributed by atoms with van der Waals surface area (Å²) in [5.41, 5.74) is 7.24. The van der Waals surface area contributed by atoms with Crippen LogP contribution in [-0.4, -0.2) is 37.5 Å². The highest BCUT2D eigenvalue weighted by molar-refractivity contribution is 14.0. The highest BCUT2D eigenvalue weighted by atomic mass is 127. The molecule has 1 aliphatic carbocycles. The summed E-state index contributed by atoms with van der Waals surface area (Å²) in [5, 5.41) is 3.16. The van der Waals surface area contributed by atoms with Crippen molar-refractivity contribution in [3.8, 4) is 0 Å². The van der Waals surface area contributed by atoms with Gasteiger partial charge < -0.3 is 20.5 Å². The Hall–Kier alpha value is -0.860. The van der Waals surface area contributed by atoms with E-state index in [1.54, 1.807) is 0 Å². The molecule has 140 valence electrons. The Morgan fingerprint density at radius 1 is 1.28 bits per heavy atom. The van der Waals surface area contributed by atoms with Gasteiger partial charge in [0.05, 0.1) is 13.2 Å². The molecule has 0 bridgehead atoms. The summed E-state index contributed by atoms with van der Waals surface area (Å²) in [6.07, 6.45) is 5.31. The quantitative estimate of drug-likeness (QED) is 0.404. The van der Waals surface area contributed by atoms with Crippen LogP contribution in [0.15, 0.2) is 35.3 Å². The van der Waals surface area contributed by atoms with E-state index in [0.29, 0.717) is 19.1 Å². The molecular weight excluding hydrogens is 429 g/mol. The number of nitrogens with zero attached hydrogens (tertiary/aromatic N) is 1. The highest BCUT2D eigenvalue weighted by Crippen LogP contribution is 2.39. The van der Waals surface area contributed by atoms with Crippen molar-refractivity contribution in [2.45, 2.75) is 50.9 Å². The second kappa shape index (κ2) is 9.73. The molecule has 3 rings (SSSR count). The lowest BCUT2D eigenvalue weighted by Gasteiger charge is -2.34. The summed E-state index contributed by atoms with van der Waals surface area (Å²) in [6, 6.07) is 10.3. The molecule has 0 radical (unpaired) electrons. The number of benzene rings is 1. The lowest BCUT2D eigenvalue weighted by molar-refractivity contribution is -0.190. The zero-order chi connectivity index (χ0) is 16.8. The first-order valence-corrected chi connectivity index (χ1v) is 9.05. The Labute approximate surface area is 167 Å². The fraction of sp³-hybridized carbons (Fsp3) is 0.632. The minimum atomic E-state index is -0.345. The zero-order valence-corrected chi connectivity index (χ0v) is 17.3. The minimum absolute atomic E-state index is 0. The molecular formula is C19H30IN3O2. The minimum Gasteiger partial charge on any atom is -0.370 e. The number of halogens is 1. The summed E-state index contributed by atoms with van der Waals surface area (Å²) in [6.45, 7) is 4.26. The first-order valence-electron chi connectivity index (χ1n) is 9.05. The van der Waals surface area contributed by atoms with Gasteiger partial charge in [0, 0.05) is 19.4 Å². The van der Waals surface area contributed by atoms with Gasteiger partial charge in [-0.3, -0.25) is 4.99 Å². The van der Waals surface area contributed by atoms with Gasteiger partial charge in [-0.05, 0) is 30.7 Å². The molecule has 5 nitrogen and oxygen atoms in total. The Bertz CT molecular complexity index is 545. The highest BCUT2D eigenvalue weighted by Gasteiger charge is 2.43. The van der Waals surface area contributed by atoms with Gasteiger partial charge in [0.2, 0.25) is 0 Å². The number of guanidine groups is 1. The molecule has 2 aliphatic rings. The van der Waals surface area contributed by atoms with Gasteiger partial charge in [0.25, 0.3) is 0 Å². The Balaban J connectivity index is 0.00000225. The molecule has 2 fully saturated rings. The molecule has 3 N–H and O–H groups in total. The van der Waals surface area contributed by atoms with Crippen LogP contribution in [0.2, 0.25) is 0 Å². The van der Waals surface area contributed by atoms with Crippen LogP contribution >= 0.6 is 24.0 Å². The van der Waals surface area contributed by atoms with E-state index in [1.807, 2.05) is 18.2 Å². The van der Waals surface area contributed by atoms with E-state index in [9.17, 15) is 0 Å². The molecule has 0 aromatic heterocycles. The second-order valence-electron chi connectivity index (χ2n) is 7.03. The van der Waals surface area contributed by atoms with Crippen LogP contribution in [0.5, 0.6) is 0 Å². The maximum absolute atomic E-state index is 6.15. The van der Waals surface area contributed by atoms with Gasteiger partial charge in [-0.25, -0.2) is 0 Å². The van der Waals surface area contributed by atoms with Crippen LogP contribution in [-0.2, 0) is 15.9 Å². The van der Waals surface area contributed by atoms with Crippen molar-refractivity contribution >= 4 is 29.9 Å². The number of ether oxygens (including phenoxy) is 2. The number of hydrogen-bond donors (Lipinski definition) is 2. The number of aliphatic imine (C=N–C) groups is 1. The fourth-order valence-corrected chi connectivity index (χ4v) is 3.41. The van der Waals surface area contributed by atoms with Crippen LogP contribution < -0.4 is 11.1 Å². The van der Waals surface area contributed by atoms with Gasteiger partial charge >= 0.3 is 0 Å². The molecule has 0 amide bonds. The third kappa shape index (κ3) is 6.11. The number of hydrogen-bond acceptors (Lipinski definition) is 3. The third-order valence-corrected chi connectivity index (χ3v) is 4.98. The van der Waals surface area contributed by atoms with Gasteiger partial charge in [-0.2, -0.15) is 0 Å². The smallest absolute Gasteiger partial charge is 0.188 e. The van der Waals surface area contributed by atoms with Crippen LogP contribution in [0.1, 0.15) is 38.2 Å². The molecule has 1 saturated carbocycles. The van der Waals surface area contributed by atoms with Crippen LogP contribution in [0.3, 0.4) is 0 Å². The average molecular weight is 459 g/mol. The molecule has 1 unspecified atom stereocenters. The van der Waals surface area contributed by atoms with Crippen molar-refractivity contribution < 1.29 is 9.47 Å². The maximum Gasteiger partial charge on any atom is 0.188 e. The number of rotatable bonds is 5. The summed E-state index contributed by atoms with van der Waals surface area (Å²) >= 11 is 0. The molecule has 1 aromatic carbocycles. The van der Waals surface area contributed by atoms with Gasteiger partial charge in [0.15, 0.2) is 11.7 Å². The predicted molar refractivity (Wildman–Crippen MR) is 111 cm³/mol. The summed E-state index contributed by atoms with van der Waals surface area (Å²) in [5.74, 6) is 0.916. The second-order valence-corrected chi connectivity index (χ2v) is 7.03. The number of nitrogens with one attached hydrogen (secondary N) is 1. The monoisotopic (exact) mass is 459 g/mol. The maximum atomic E-state index is 6.15. The Morgan fingerprint density at radius 2 is 2.00 bits per heavy atom. The van der Waals surface area contributed by atoms with Gasteiger partial charge in [0.1, 0.15) is 6.10 Å². The largest absolute Gasteiger partial charge is 0.370 e. The van der Waals surface area contributed by atoms with Crippen molar-refractivity contribution in [2.24, 2.45) is 16.6 Å². The van der Waals surface area contributed by atoms with Crippen molar-refractivity contribution in [3.63, 3.8) is 0 Å². The summed E-state index contributed by atoms with van der Waals surface area (Å²) in [4.78, 5) is 4.41. The van der Waals surface area contributed by atoms with Gasteiger partial charge in [-0.15, -0.1) is 24.0 Å². The molecule has 1 heterocycles. The lowest BCUT2D eigenvalue weighted by atomic mass is 9.86. The zero-order valence-electron chi connectivity index (χ0n) is 14.9. The molecule has 1 aliphatic heterocycles. The topological polar surface area (TPSA) is 68.9 Å². The average Bonchev–Trinajstić information content (AvgIpc) is 3.00. The fourth-order valence-electron chi connectivity index (χ4n) is 3.41. The van der Waals surface area contributed by atoms with E-state index in [2.05, 4.69) is 29.4 Å². The molecule has 1 saturated heterocycles. The van der Waals surface area contributed by atoms with Crippen molar-refractivity contribution in [1.82, 2.24) is 5.32 Å². The van der Waals surface area contributed by atoms with E-state index < -0.39 is 0 Å². The molecule has 1 spiro atoms. The first kappa shape index (κ1) is 20.5. The lowest BCUT2D eigenvalue weighted by Crippen LogP contribution is -2.36. The van der Waals surface area contributed by atoms with Crippen LogP contribution in [0, 0.1) is 5.92 Å². The van der Waals surface area contributed by atoms with Crippen LogP contribution in [0.25, 0.3) is 0 Å². The van der Waals surface area contributed by atoms with Crippen molar-refractivity contribution in [1.29, 1.82) is 0 Å². The van der Waals surface area contributed by atoms with E-state index in [0.717, 1.165) is 31.7 Å². The summed E-state index contributed by atoms with van der Waals surface area (Å²) in [7, 11) is 0. The molecule has 25 heavy (non-hydrogen) atoms. The first-order chi connectivity index (χ1) is 11.7. The molecule has 1 aromatic rings. The SMILES string of the molecule is CC1CCC2(CC1)OCC(CN=C(N)NCCc1ccccc1)O2.I. The number of nitrogens with two attached hydrogens (primary N) is 1. The Kier molecular flexibility index (Phi) is 7.96. The summed E-state index contributed by atoms with van der Waals surface area (Å²) < 4.78 is 12.1. The van der Waals surface area contributed by atoms with Crippen molar-refractivity contribution in [2.75, 3.05) is 19.7 Å². The van der Waals surface area contributed by atoms with Crippen LogP contribution in [0.4, 0.5) is 0 Å². The van der Waals surface area contributed by atoms with E-state index in [1.165, 1.54) is 18.4 Å². The molecule has 6 heteroatoms. The van der Waals surface area contributed by atoms with E-state index >= 15 is 0 Å². The normalized spacial score (nSPS) is 29.4. The van der Waals surface area contributed by atoms with Gasteiger partial charge in [-0.1, -0.05) is 37.3 Å². The predicted octanol–water partition coefficient (Wildman–Crippen LogP) is 3.07. The molecule has 1 atom stereocenters. The Morgan fingerprint density at radius 3 is 2.72 bits per heavy atom. The third-order valence-electron chi connectivity index (χ3n) is 4.98. The standard InChI is InChI=1S/C19H29N3O2.HI/c1-15-7-10-19(11-8-15)23-14-17(24-19)13-22-18(20)21-12-9-16-5-3-2-4-6-16;/h2-6,15,17H,7-14H2,1H3,(H3,20,21,22);1H.